The Labute approximate surface area is 81.4 Å². The zero-order valence-electron chi connectivity index (χ0n) is 8.81. The minimum atomic E-state index is 0.0724. The highest BCUT2D eigenvalue weighted by Crippen LogP contribution is 2.36. The highest BCUT2D eigenvalue weighted by Gasteiger charge is 2.39. The average molecular weight is 183 g/mol. The molecular formula is C11H21NO. The van der Waals surface area contributed by atoms with Crippen molar-refractivity contribution in [2.45, 2.75) is 43.7 Å². The predicted molar refractivity (Wildman–Crippen MR) is 55.9 cm³/mol. The topological polar surface area (TPSA) is 21.3 Å². The van der Waals surface area contributed by atoms with Crippen LogP contribution >= 0.6 is 0 Å². The van der Waals surface area contributed by atoms with Crippen LogP contribution in [0.1, 0.15) is 32.1 Å². The number of nitrogens with one attached hydrogen (secondary N) is 1. The van der Waals surface area contributed by atoms with Gasteiger partial charge in [0.25, 0.3) is 0 Å². The summed E-state index contributed by atoms with van der Waals surface area (Å²) in [5.74, 6) is 0. The Bertz CT molecular complexity index is 161. The lowest BCUT2D eigenvalue weighted by atomic mass is 9.90. The molecule has 1 aliphatic carbocycles. The summed E-state index contributed by atoms with van der Waals surface area (Å²) in [5.41, 5.74) is 0.0724. The summed E-state index contributed by atoms with van der Waals surface area (Å²) in [6.07, 6.45) is 7.92. The van der Waals surface area contributed by atoms with Crippen LogP contribution in [0.5, 0.6) is 0 Å². The third kappa shape index (κ3) is 2.12. The van der Waals surface area contributed by atoms with E-state index in [1.165, 1.54) is 25.7 Å². The van der Waals surface area contributed by atoms with Crippen molar-refractivity contribution in [3.63, 3.8) is 0 Å². The van der Waals surface area contributed by atoms with E-state index in [2.05, 4.69) is 11.9 Å². The smallest absolute Gasteiger partial charge is 0.0833 e. The number of rotatable bonds is 5. The fourth-order valence-electron chi connectivity index (χ4n) is 2.43. The van der Waals surface area contributed by atoms with Gasteiger partial charge >= 0.3 is 0 Å². The third-order valence-corrected chi connectivity index (χ3v) is 3.24. The molecule has 1 saturated carbocycles. The second-order valence-corrected chi connectivity index (χ2v) is 3.84. The normalized spacial score (nSPS) is 22.9. The van der Waals surface area contributed by atoms with Gasteiger partial charge in [0, 0.05) is 13.2 Å². The van der Waals surface area contributed by atoms with Gasteiger partial charge < -0.3 is 10.1 Å². The SMILES string of the molecule is C=CCC(NC)C1(OC)CCCC1. The van der Waals surface area contributed by atoms with Crippen LogP contribution in [0.2, 0.25) is 0 Å². The molecule has 1 rings (SSSR count). The molecule has 0 aromatic carbocycles. The molecule has 0 aliphatic heterocycles. The van der Waals surface area contributed by atoms with Gasteiger partial charge in [-0.3, -0.25) is 0 Å². The van der Waals surface area contributed by atoms with Crippen molar-refractivity contribution in [3.8, 4) is 0 Å². The first-order chi connectivity index (χ1) is 6.29. The molecule has 0 spiro atoms. The second-order valence-electron chi connectivity index (χ2n) is 3.84. The van der Waals surface area contributed by atoms with E-state index in [1.54, 1.807) is 0 Å². The van der Waals surface area contributed by atoms with Crippen LogP contribution in [0, 0.1) is 0 Å². The van der Waals surface area contributed by atoms with Gasteiger partial charge in [0.2, 0.25) is 0 Å². The molecular weight excluding hydrogens is 162 g/mol. The quantitative estimate of drug-likeness (QED) is 0.659. The van der Waals surface area contributed by atoms with Crippen molar-refractivity contribution >= 4 is 0 Å². The lowest BCUT2D eigenvalue weighted by molar-refractivity contribution is -0.0329. The molecule has 0 saturated heterocycles. The summed E-state index contributed by atoms with van der Waals surface area (Å²) in [4.78, 5) is 0. The zero-order chi connectivity index (χ0) is 9.73. The lowest BCUT2D eigenvalue weighted by Crippen LogP contribution is -2.48. The average Bonchev–Trinajstić information content (AvgIpc) is 2.63. The molecule has 1 fully saturated rings. The Morgan fingerprint density at radius 3 is 2.54 bits per heavy atom. The van der Waals surface area contributed by atoms with E-state index in [0.29, 0.717) is 6.04 Å². The van der Waals surface area contributed by atoms with Gasteiger partial charge in [-0.25, -0.2) is 0 Å². The zero-order valence-corrected chi connectivity index (χ0v) is 8.81. The van der Waals surface area contributed by atoms with Crippen LogP contribution < -0.4 is 5.32 Å². The van der Waals surface area contributed by atoms with Gasteiger partial charge in [-0.05, 0) is 26.3 Å². The molecule has 1 N–H and O–H groups in total. The summed E-state index contributed by atoms with van der Waals surface area (Å²) in [6, 6.07) is 0.428. The van der Waals surface area contributed by atoms with Gasteiger partial charge in [-0.1, -0.05) is 18.9 Å². The van der Waals surface area contributed by atoms with Gasteiger partial charge in [0.05, 0.1) is 5.60 Å². The first kappa shape index (κ1) is 10.7. The maximum Gasteiger partial charge on any atom is 0.0833 e. The van der Waals surface area contributed by atoms with E-state index in [0.717, 1.165) is 6.42 Å². The van der Waals surface area contributed by atoms with E-state index < -0.39 is 0 Å². The molecule has 0 heterocycles. The van der Waals surface area contributed by atoms with Crippen molar-refractivity contribution in [1.29, 1.82) is 0 Å². The van der Waals surface area contributed by atoms with Gasteiger partial charge in [-0.15, -0.1) is 6.58 Å². The summed E-state index contributed by atoms with van der Waals surface area (Å²) in [7, 11) is 3.84. The molecule has 0 aromatic rings. The van der Waals surface area contributed by atoms with E-state index in [9.17, 15) is 0 Å². The maximum absolute atomic E-state index is 5.69. The molecule has 2 nitrogen and oxygen atoms in total. The number of hydrogen-bond donors (Lipinski definition) is 1. The Morgan fingerprint density at radius 1 is 1.54 bits per heavy atom. The van der Waals surface area contributed by atoms with Crippen LogP contribution in [0.3, 0.4) is 0 Å². The van der Waals surface area contributed by atoms with Crippen molar-refractivity contribution < 1.29 is 4.74 Å². The Morgan fingerprint density at radius 2 is 2.15 bits per heavy atom. The van der Waals surface area contributed by atoms with Gasteiger partial charge in [-0.2, -0.15) is 0 Å². The molecule has 0 aromatic heterocycles. The van der Waals surface area contributed by atoms with Crippen molar-refractivity contribution in [1.82, 2.24) is 5.32 Å². The van der Waals surface area contributed by atoms with Crippen molar-refractivity contribution in [2.24, 2.45) is 0 Å². The Hall–Kier alpha value is -0.340. The van der Waals surface area contributed by atoms with Crippen LogP contribution in [-0.4, -0.2) is 25.8 Å². The molecule has 0 radical (unpaired) electrons. The second kappa shape index (κ2) is 4.77. The van der Waals surface area contributed by atoms with Crippen molar-refractivity contribution in [2.75, 3.05) is 14.2 Å². The third-order valence-electron chi connectivity index (χ3n) is 3.24. The molecule has 0 amide bonds. The first-order valence-electron chi connectivity index (χ1n) is 5.12. The molecule has 13 heavy (non-hydrogen) atoms. The predicted octanol–water partition coefficient (Wildman–Crippen LogP) is 2.11. The number of ether oxygens (including phenoxy) is 1. The van der Waals surface area contributed by atoms with Gasteiger partial charge in [0.15, 0.2) is 0 Å². The number of hydrogen-bond acceptors (Lipinski definition) is 2. The molecule has 1 unspecified atom stereocenters. The minimum Gasteiger partial charge on any atom is -0.377 e. The number of likely N-dealkylation sites (N-methyl/N-ethyl adjacent to an activating group) is 1. The van der Waals surface area contributed by atoms with E-state index in [1.807, 2.05) is 20.2 Å². The summed E-state index contributed by atoms with van der Waals surface area (Å²) in [6.45, 7) is 3.79. The molecule has 1 atom stereocenters. The highest BCUT2D eigenvalue weighted by molar-refractivity contribution is 4.98. The van der Waals surface area contributed by atoms with Gasteiger partial charge in [0.1, 0.15) is 0 Å². The van der Waals surface area contributed by atoms with E-state index in [4.69, 9.17) is 4.74 Å². The fraction of sp³-hybridized carbons (Fsp3) is 0.818. The Kier molecular flexibility index (Phi) is 3.94. The Balaban J connectivity index is 2.65. The van der Waals surface area contributed by atoms with Crippen LogP contribution in [0.25, 0.3) is 0 Å². The summed E-state index contributed by atoms with van der Waals surface area (Å²) in [5, 5.41) is 3.34. The van der Waals surface area contributed by atoms with Crippen LogP contribution in [0.15, 0.2) is 12.7 Å². The van der Waals surface area contributed by atoms with Crippen molar-refractivity contribution in [3.05, 3.63) is 12.7 Å². The lowest BCUT2D eigenvalue weighted by Gasteiger charge is -2.35. The minimum absolute atomic E-state index is 0.0724. The highest BCUT2D eigenvalue weighted by atomic mass is 16.5. The largest absolute Gasteiger partial charge is 0.377 e. The standard InChI is InChI=1S/C11H21NO/c1-4-7-10(12-2)11(13-3)8-5-6-9-11/h4,10,12H,1,5-9H2,2-3H3. The van der Waals surface area contributed by atoms with E-state index >= 15 is 0 Å². The molecule has 0 bridgehead atoms. The molecule has 2 heteroatoms. The summed E-state index contributed by atoms with van der Waals surface area (Å²) >= 11 is 0. The van der Waals surface area contributed by atoms with Crippen LogP contribution in [-0.2, 0) is 4.74 Å². The maximum atomic E-state index is 5.69. The number of methoxy groups -OCH3 is 1. The van der Waals surface area contributed by atoms with Crippen LogP contribution in [0.4, 0.5) is 0 Å². The summed E-state index contributed by atoms with van der Waals surface area (Å²) < 4.78 is 5.69. The monoisotopic (exact) mass is 183 g/mol. The molecule has 1 aliphatic rings. The molecule has 76 valence electrons. The first-order valence-corrected chi connectivity index (χ1v) is 5.12. The van der Waals surface area contributed by atoms with E-state index in [-0.39, 0.29) is 5.60 Å². The fourth-order valence-corrected chi connectivity index (χ4v) is 2.43.